The zero-order valence-electron chi connectivity index (χ0n) is 13.0. The molecule has 1 N–H and O–H groups in total. The maximum absolute atomic E-state index is 12.9. The van der Waals surface area contributed by atoms with Crippen LogP contribution in [0.4, 0.5) is 0 Å². The van der Waals surface area contributed by atoms with Crippen molar-refractivity contribution >= 4 is 16.7 Å². The number of rotatable bonds is 3. The second kappa shape index (κ2) is 5.20. The van der Waals surface area contributed by atoms with Gasteiger partial charge in [-0.3, -0.25) is 9.78 Å². The van der Waals surface area contributed by atoms with Crippen LogP contribution in [0.5, 0.6) is 0 Å². The number of aromatic nitrogens is 1. The summed E-state index contributed by atoms with van der Waals surface area (Å²) in [5.74, 6) is -0.0428. The van der Waals surface area contributed by atoms with Crippen molar-refractivity contribution < 1.29 is 4.79 Å². The third-order valence-electron chi connectivity index (χ3n) is 4.67. The predicted molar refractivity (Wildman–Crippen MR) is 91.3 cm³/mol. The minimum atomic E-state index is -0.205. The normalized spacial score (nSPS) is 15.3. The lowest BCUT2D eigenvalue weighted by Gasteiger charge is -2.19. The Hall–Kier alpha value is -2.68. The Morgan fingerprint density at radius 1 is 1.04 bits per heavy atom. The number of benzene rings is 2. The van der Waals surface area contributed by atoms with Crippen LogP contribution in [0.1, 0.15) is 34.3 Å². The molecule has 114 valence electrons. The topological polar surface area (TPSA) is 42.0 Å². The Morgan fingerprint density at radius 2 is 1.83 bits per heavy atom. The number of carbonyl (C=O) groups excluding carboxylic acids is 1. The molecule has 1 aliphatic carbocycles. The van der Waals surface area contributed by atoms with Crippen LogP contribution in [0.2, 0.25) is 0 Å². The first-order valence-corrected chi connectivity index (χ1v) is 7.91. The quantitative estimate of drug-likeness (QED) is 0.795. The number of fused-ring (bicyclic) bond motifs is 1. The van der Waals surface area contributed by atoms with Crippen LogP contribution in [0.3, 0.4) is 0 Å². The first-order valence-electron chi connectivity index (χ1n) is 7.91. The molecule has 3 aromatic rings. The third kappa shape index (κ3) is 2.38. The van der Waals surface area contributed by atoms with Gasteiger partial charge in [0.2, 0.25) is 0 Å². The van der Waals surface area contributed by atoms with Crippen molar-refractivity contribution in [3.63, 3.8) is 0 Å². The molecule has 0 radical (unpaired) electrons. The van der Waals surface area contributed by atoms with Gasteiger partial charge in [0.15, 0.2) is 0 Å². The van der Waals surface area contributed by atoms with Gasteiger partial charge < -0.3 is 5.32 Å². The van der Waals surface area contributed by atoms with Crippen LogP contribution in [-0.4, -0.2) is 10.9 Å². The summed E-state index contributed by atoms with van der Waals surface area (Å²) < 4.78 is 0. The molecule has 1 aromatic heterocycles. The molecule has 0 bridgehead atoms. The number of hydrogen-bond acceptors (Lipinski definition) is 2. The minimum absolute atomic E-state index is 0.0428. The Morgan fingerprint density at radius 3 is 2.57 bits per heavy atom. The zero-order chi connectivity index (χ0) is 15.9. The van der Waals surface area contributed by atoms with E-state index in [0.29, 0.717) is 5.56 Å². The van der Waals surface area contributed by atoms with Crippen LogP contribution in [0, 0.1) is 6.92 Å². The van der Waals surface area contributed by atoms with E-state index in [4.69, 9.17) is 0 Å². The molecule has 1 fully saturated rings. The van der Waals surface area contributed by atoms with E-state index < -0.39 is 0 Å². The van der Waals surface area contributed by atoms with Crippen molar-refractivity contribution in [2.45, 2.75) is 25.3 Å². The molecule has 3 heteroatoms. The van der Waals surface area contributed by atoms with E-state index in [2.05, 4.69) is 22.4 Å². The first-order chi connectivity index (χ1) is 11.2. The number of amides is 1. The fraction of sp³-hybridized carbons (Fsp3) is 0.200. The monoisotopic (exact) mass is 302 g/mol. The third-order valence-corrected chi connectivity index (χ3v) is 4.67. The summed E-state index contributed by atoms with van der Waals surface area (Å²) in [6, 6.07) is 16.2. The van der Waals surface area contributed by atoms with Crippen molar-refractivity contribution in [1.82, 2.24) is 10.3 Å². The van der Waals surface area contributed by atoms with Gasteiger partial charge in [-0.05, 0) is 30.9 Å². The fourth-order valence-corrected chi connectivity index (χ4v) is 3.25. The molecule has 0 saturated heterocycles. The van der Waals surface area contributed by atoms with Crippen molar-refractivity contribution in [2.24, 2.45) is 0 Å². The predicted octanol–water partition coefficient (Wildman–Crippen LogP) is 3.96. The van der Waals surface area contributed by atoms with Crippen LogP contribution in [-0.2, 0) is 5.54 Å². The molecule has 2 aromatic carbocycles. The second-order valence-corrected chi connectivity index (χ2v) is 6.26. The maximum Gasteiger partial charge on any atom is 0.254 e. The Bertz CT molecular complexity index is 877. The fourth-order valence-electron chi connectivity index (χ4n) is 3.25. The Kier molecular flexibility index (Phi) is 3.15. The van der Waals surface area contributed by atoms with Crippen LogP contribution in [0.25, 0.3) is 10.8 Å². The molecule has 0 unspecified atom stereocenters. The van der Waals surface area contributed by atoms with Gasteiger partial charge >= 0.3 is 0 Å². The molecule has 3 nitrogen and oxygen atoms in total. The number of nitrogens with one attached hydrogen (secondary N) is 1. The van der Waals surface area contributed by atoms with E-state index >= 15 is 0 Å². The minimum Gasteiger partial charge on any atom is -0.342 e. The molecule has 0 spiro atoms. The molecule has 1 amide bonds. The first kappa shape index (κ1) is 13.9. The van der Waals surface area contributed by atoms with E-state index in [1.165, 1.54) is 5.56 Å². The summed E-state index contributed by atoms with van der Waals surface area (Å²) in [7, 11) is 0. The lowest BCUT2D eigenvalue weighted by Crippen LogP contribution is -2.35. The van der Waals surface area contributed by atoms with Crippen molar-refractivity contribution in [3.05, 3.63) is 77.6 Å². The summed E-state index contributed by atoms with van der Waals surface area (Å²) in [6.45, 7) is 2.03. The number of hydrogen-bond donors (Lipinski definition) is 1. The highest BCUT2D eigenvalue weighted by Crippen LogP contribution is 2.45. The van der Waals surface area contributed by atoms with Crippen molar-refractivity contribution in [2.75, 3.05) is 0 Å². The maximum atomic E-state index is 12.9. The molecule has 1 aliphatic rings. The van der Waals surface area contributed by atoms with E-state index in [1.807, 2.05) is 49.5 Å². The summed E-state index contributed by atoms with van der Waals surface area (Å²) in [5, 5.41) is 5.23. The SMILES string of the molecule is Cc1cccc2cncc(C(=O)NC3(c4ccccc4)CC3)c12. The van der Waals surface area contributed by atoms with Crippen LogP contribution >= 0.6 is 0 Å². The smallest absolute Gasteiger partial charge is 0.254 e. The summed E-state index contributed by atoms with van der Waals surface area (Å²) in [4.78, 5) is 17.1. The summed E-state index contributed by atoms with van der Waals surface area (Å²) in [5.41, 5.74) is 2.73. The van der Waals surface area contributed by atoms with Gasteiger partial charge in [0.1, 0.15) is 0 Å². The van der Waals surface area contributed by atoms with E-state index in [1.54, 1.807) is 6.20 Å². The highest BCUT2D eigenvalue weighted by Gasteiger charge is 2.45. The Balaban J connectivity index is 1.71. The highest BCUT2D eigenvalue weighted by atomic mass is 16.1. The molecule has 0 aliphatic heterocycles. The van der Waals surface area contributed by atoms with E-state index in [-0.39, 0.29) is 11.4 Å². The molecular weight excluding hydrogens is 284 g/mol. The van der Waals surface area contributed by atoms with E-state index in [0.717, 1.165) is 29.2 Å². The highest BCUT2D eigenvalue weighted by molar-refractivity contribution is 6.08. The van der Waals surface area contributed by atoms with E-state index in [9.17, 15) is 4.79 Å². The molecular formula is C20H18N2O. The molecule has 0 atom stereocenters. The van der Waals surface area contributed by atoms with Crippen molar-refractivity contribution in [3.8, 4) is 0 Å². The summed E-state index contributed by atoms with van der Waals surface area (Å²) >= 11 is 0. The lowest BCUT2D eigenvalue weighted by molar-refractivity contribution is 0.0932. The van der Waals surface area contributed by atoms with Crippen molar-refractivity contribution in [1.29, 1.82) is 0 Å². The van der Waals surface area contributed by atoms with Gasteiger partial charge in [0.25, 0.3) is 5.91 Å². The number of pyridine rings is 1. The van der Waals surface area contributed by atoms with Gasteiger partial charge in [0.05, 0.1) is 11.1 Å². The second-order valence-electron chi connectivity index (χ2n) is 6.26. The molecule has 1 saturated carbocycles. The van der Waals surface area contributed by atoms with Crippen LogP contribution < -0.4 is 5.32 Å². The number of carbonyl (C=O) groups is 1. The number of nitrogens with zero attached hydrogens (tertiary/aromatic N) is 1. The zero-order valence-corrected chi connectivity index (χ0v) is 13.0. The molecule has 1 heterocycles. The molecule has 4 rings (SSSR count). The largest absolute Gasteiger partial charge is 0.342 e. The van der Waals surface area contributed by atoms with Gasteiger partial charge in [0, 0.05) is 23.2 Å². The average molecular weight is 302 g/mol. The van der Waals surface area contributed by atoms with Gasteiger partial charge in [-0.15, -0.1) is 0 Å². The average Bonchev–Trinajstić information content (AvgIpc) is 3.36. The molecule has 23 heavy (non-hydrogen) atoms. The lowest BCUT2D eigenvalue weighted by atomic mass is 10.0. The Labute approximate surface area is 135 Å². The number of aryl methyl sites for hydroxylation is 1. The van der Waals surface area contributed by atoms with Gasteiger partial charge in [-0.25, -0.2) is 0 Å². The summed E-state index contributed by atoms with van der Waals surface area (Å²) in [6.07, 6.45) is 5.45. The van der Waals surface area contributed by atoms with Crippen LogP contribution in [0.15, 0.2) is 60.9 Å². The van der Waals surface area contributed by atoms with Gasteiger partial charge in [-0.1, -0.05) is 48.5 Å². The standard InChI is InChI=1S/C20H18N2O/c1-14-6-5-7-15-12-21-13-17(18(14)15)19(23)22-20(10-11-20)16-8-3-2-4-9-16/h2-9,12-13H,10-11H2,1H3,(H,22,23). The van der Waals surface area contributed by atoms with Gasteiger partial charge in [-0.2, -0.15) is 0 Å².